The van der Waals surface area contributed by atoms with E-state index in [2.05, 4.69) is 15.9 Å². The van der Waals surface area contributed by atoms with Crippen LogP contribution in [0.15, 0.2) is 22.7 Å². The van der Waals surface area contributed by atoms with E-state index in [1.807, 2.05) is 13.0 Å². The van der Waals surface area contributed by atoms with Crippen LogP contribution >= 0.6 is 15.9 Å². The Balaban J connectivity index is 2.74. The Morgan fingerprint density at radius 1 is 1.53 bits per heavy atom. The normalized spacial score (nSPS) is 10.3. The molecule has 0 unspecified atom stereocenters. The van der Waals surface area contributed by atoms with Crippen molar-refractivity contribution in [3.63, 3.8) is 0 Å². The number of nitro groups is 1. The summed E-state index contributed by atoms with van der Waals surface area (Å²) in [6.07, 6.45) is 0.943. The van der Waals surface area contributed by atoms with Crippen LogP contribution in [-0.2, 0) is 11.3 Å². The average molecular weight is 274 g/mol. The second kappa shape index (κ2) is 5.82. The summed E-state index contributed by atoms with van der Waals surface area (Å²) in [5, 5.41) is 10.6. The van der Waals surface area contributed by atoms with Crippen LogP contribution in [0.25, 0.3) is 0 Å². The highest BCUT2D eigenvalue weighted by Crippen LogP contribution is 2.25. The lowest BCUT2D eigenvalue weighted by Crippen LogP contribution is -1.96. The van der Waals surface area contributed by atoms with E-state index in [0.29, 0.717) is 17.7 Å². The number of rotatable bonds is 5. The van der Waals surface area contributed by atoms with Crippen LogP contribution in [0.1, 0.15) is 18.9 Å². The maximum absolute atomic E-state index is 10.6. The molecular formula is C10H12BrNO3. The van der Waals surface area contributed by atoms with Gasteiger partial charge in [0.1, 0.15) is 0 Å². The molecule has 1 aromatic carbocycles. The molecule has 0 saturated heterocycles. The number of ether oxygens (including phenoxy) is 1. The van der Waals surface area contributed by atoms with Crippen LogP contribution in [0.5, 0.6) is 0 Å². The standard InChI is InChI=1S/C10H12BrNO3/c1-2-5-15-7-8-3-4-9(11)10(6-8)12(13)14/h3-4,6H,2,5,7H2,1H3. The van der Waals surface area contributed by atoms with E-state index < -0.39 is 4.92 Å². The molecule has 0 saturated carbocycles. The van der Waals surface area contributed by atoms with E-state index in [1.165, 1.54) is 6.07 Å². The van der Waals surface area contributed by atoms with Crippen molar-refractivity contribution < 1.29 is 9.66 Å². The molecule has 0 bridgehead atoms. The number of nitrogens with zero attached hydrogens (tertiary/aromatic N) is 1. The van der Waals surface area contributed by atoms with Crippen molar-refractivity contribution in [2.24, 2.45) is 0 Å². The fourth-order valence-corrected chi connectivity index (χ4v) is 1.51. The lowest BCUT2D eigenvalue weighted by atomic mass is 10.2. The first-order valence-corrected chi connectivity index (χ1v) is 5.45. The Kier molecular flexibility index (Phi) is 4.71. The van der Waals surface area contributed by atoms with Gasteiger partial charge in [0.05, 0.1) is 16.0 Å². The van der Waals surface area contributed by atoms with Crippen molar-refractivity contribution in [3.8, 4) is 0 Å². The molecule has 1 aromatic rings. The molecule has 0 radical (unpaired) electrons. The van der Waals surface area contributed by atoms with Crippen molar-refractivity contribution in [1.82, 2.24) is 0 Å². The molecule has 0 aliphatic carbocycles. The Morgan fingerprint density at radius 2 is 2.27 bits per heavy atom. The predicted molar refractivity (Wildman–Crippen MR) is 60.7 cm³/mol. The Hall–Kier alpha value is -0.940. The molecule has 0 fully saturated rings. The van der Waals surface area contributed by atoms with Crippen LogP contribution in [0.4, 0.5) is 5.69 Å². The van der Waals surface area contributed by atoms with Crippen molar-refractivity contribution in [1.29, 1.82) is 0 Å². The van der Waals surface area contributed by atoms with Crippen molar-refractivity contribution >= 4 is 21.6 Å². The number of nitro benzene ring substituents is 1. The molecule has 0 N–H and O–H groups in total. The Bertz CT molecular complexity index is 355. The van der Waals surface area contributed by atoms with Gasteiger partial charge in [0.15, 0.2) is 0 Å². The van der Waals surface area contributed by atoms with Gasteiger partial charge in [-0.2, -0.15) is 0 Å². The molecular weight excluding hydrogens is 262 g/mol. The van der Waals surface area contributed by atoms with Gasteiger partial charge in [-0.05, 0) is 34.0 Å². The minimum Gasteiger partial charge on any atom is -0.377 e. The van der Waals surface area contributed by atoms with Crippen LogP contribution in [0.2, 0.25) is 0 Å². The second-order valence-corrected chi connectivity index (χ2v) is 3.95. The van der Waals surface area contributed by atoms with Gasteiger partial charge in [-0.25, -0.2) is 0 Å². The molecule has 4 nitrogen and oxygen atoms in total. The predicted octanol–water partition coefficient (Wildman–Crippen LogP) is 3.28. The minimum absolute atomic E-state index is 0.0765. The molecule has 0 aromatic heterocycles. The molecule has 0 spiro atoms. The van der Waals surface area contributed by atoms with Crippen molar-refractivity contribution in [3.05, 3.63) is 38.3 Å². The zero-order valence-electron chi connectivity index (χ0n) is 8.40. The maximum Gasteiger partial charge on any atom is 0.283 e. The molecule has 5 heteroatoms. The molecule has 82 valence electrons. The van der Waals surface area contributed by atoms with Crippen LogP contribution in [0, 0.1) is 10.1 Å². The third-order valence-corrected chi connectivity index (χ3v) is 2.50. The maximum atomic E-state index is 10.6. The minimum atomic E-state index is -0.409. The zero-order valence-corrected chi connectivity index (χ0v) is 9.99. The highest BCUT2D eigenvalue weighted by atomic mass is 79.9. The number of hydrogen-bond acceptors (Lipinski definition) is 3. The summed E-state index contributed by atoms with van der Waals surface area (Å²) in [7, 11) is 0. The van der Waals surface area contributed by atoms with E-state index in [4.69, 9.17) is 4.74 Å². The summed E-state index contributed by atoms with van der Waals surface area (Å²) in [5.74, 6) is 0. The molecule has 0 atom stereocenters. The van der Waals surface area contributed by atoms with Crippen LogP contribution in [0.3, 0.4) is 0 Å². The third kappa shape index (κ3) is 3.60. The molecule has 0 heterocycles. The van der Waals surface area contributed by atoms with E-state index in [9.17, 15) is 10.1 Å². The first-order chi connectivity index (χ1) is 7.15. The highest BCUT2D eigenvalue weighted by Gasteiger charge is 2.11. The number of hydrogen-bond donors (Lipinski definition) is 0. The Labute approximate surface area is 96.5 Å². The fraction of sp³-hybridized carbons (Fsp3) is 0.400. The van der Waals surface area contributed by atoms with E-state index in [-0.39, 0.29) is 5.69 Å². The topological polar surface area (TPSA) is 52.4 Å². The zero-order chi connectivity index (χ0) is 11.3. The van der Waals surface area contributed by atoms with Gasteiger partial charge in [0.2, 0.25) is 0 Å². The number of benzene rings is 1. The molecule has 0 amide bonds. The smallest absolute Gasteiger partial charge is 0.283 e. The largest absolute Gasteiger partial charge is 0.377 e. The first kappa shape index (κ1) is 12.1. The first-order valence-electron chi connectivity index (χ1n) is 4.65. The van der Waals surface area contributed by atoms with Gasteiger partial charge < -0.3 is 4.74 Å². The SMILES string of the molecule is CCCOCc1ccc(Br)c([N+](=O)[O-])c1. The summed E-state index contributed by atoms with van der Waals surface area (Å²) in [6, 6.07) is 5.01. The summed E-state index contributed by atoms with van der Waals surface area (Å²) in [6.45, 7) is 3.11. The number of halogens is 1. The second-order valence-electron chi connectivity index (χ2n) is 3.10. The molecule has 0 aliphatic heterocycles. The summed E-state index contributed by atoms with van der Waals surface area (Å²) in [4.78, 5) is 10.2. The third-order valence-electron chi connectivity index (χ3n) is 1.82. The lowest BCUT2D eigenvalue weighted by Gasteiger charge is -2.03. The van der Waals surface area contributed by atoms with E-state index in [0.717, 1.165) is 12.0 Å². The van der Waals surface area contributed by atoms with Crippen LogP contribution in [-0.4, -0.2) is 11.5 Å². The monoisotopic (exact) mass is 273 g/mol. The molecule has 1 rings (SSSR count). The van der Waals surface area contributed by atoms with Gasteiger partial charge in [-0.3, -0.25) is 10.1 Å². The van der Waals surface area contributed by atoms with Gasteiger partial charge in [-0.1, -0.05) is 13.0 Å². The van der Waals surface area contributed by atoms with Crippen LogP contribution < -0.4 is 0 Å². The summed E-state index contributed by atoms with van der Waals surface area (Å²) >= 11 is 3.13. The quantitative estimate of drug-likeness (QED) is 0.470. The summed E-state index contributed by atoms with van der Waals surface area (Å²) in [5.41, 5.74) is 0.894. The highest BCUT2D eigenvalue weighted by molar-refractivity contribution is 9.10. The van der Waals surface area contributed by atoms with Crippen molar-refractivity contribution in [2.45, 2.75) is 20.0 Å². The van der Waals surface area contributed by atoms with Gasteiger partial charge in [0.25, 0.3) is 5.69 Å². The van der Waals surface area contributed by atoms with Gasteiger partial charge >= 0.3 is 0 Å². The van der Waals surface area contributed by atoms with Crippen molar-refractivity contribution in [2.75, 3.05) is 6.61 Å². The summed E-state index contributed by atoms with van der Waals surface area (Å²) < 4.78 is 5.80. The van der Waals surface area contributed by atoms with Gasteiger partial charge in [0, 0.05) is 12.7 Å². The van der Waals surface area contributed by atoms with E-state index >= 15 is 0 Å². The molecule has 0 aliphatic rings. The molecule has 15 heavy (non-hydrogen) atoms. The lowest BCUT2D eigenvalue weighted by molar-refractivity contribution is -0.385. The van der Waals surface area contributed by atoms with Gasteiger partial charge in [-0.15, -0.1) is 0 Å². The van der Waals surface area contributed by atoms with E-state index in [1.54, 1.807) is 6.07 Å². The average Bonchev–Trinajstić information content (AvgIpc) is 2.20. The fourth-order valence-electron chi connectivity index (χ4n) is 1.12. The Morgan fingerprint density at radius 3 is 2.87 bits per heavy atom.